The third-order valence-electron chi connectivity index (χ3n) is 4.33. The largest absolute Gasteiger partial charge is 0.372 e. The van der Waals surface area contributed by atoms with Crippen molar-refractivity contribution in [3.63, 3.8) is 0 Å². The zero-order valence-corrected chi connectivity index (χ0v) is 18.2. The summed E-state index contributed by atoms with van der Waals surface area (Å²) in [7, 11) is 0. The number of nitrogens with two attached hydrogens (primary N) is 1. The Morgan fingerprint density at radius 1 is 1.19 bits per heavy atom. The number of thioether (sulfide) groups is 1. The van der Waals surface area contributed by atoms with Gasteiger partial charge in [-0.2, -0.15) is 5.10 Å². The smallest absolute Gasteiger partial charge is 0.264 e. The first-order valence-electron chi connectivity index (χ1n) is 9.79. The zero-order chi connectivity index (χ0) is 22.1. The molecule has 31 heavy (non-hydrogen) atoms. The topological polar surface area (TPSA) is 126 Å². The van der Waals surface area contributed by atoms with E-state index in [9.17, 15) is 4.79 Å². The Bertz CT molecular complexity index is 1000. The number of nitrogens with zero attached hydrogens (tertiary/aromatic N) is 6. The number of aromatic nitrogens is 4. The van der Waals surface area contributed by atoms with E-state index in [1.807, 2.05) is 12.1 Å². The van der Waals surface area contributed by atoms with Gasteiger partial charge in [0.05, 0.1) is 12.0 Å². The molecule has 0 bridgehead atoms. The lowest BCUT2D eigenvalue weighted by Crippen LogP contribution is -2.21. The van der Waals surface area contributed by atoms with Crippen molar-refractivity contribution in [2.24, 2.45) is 5.10 Å². The van der Waals surface area contributed by atoms with Crippen molar-refractivity contribution in [1.29, 1.82) is 0 Å². The van der Waals surface area contributed by atoms with E-state index in [0.29, 0.717) is 11.0 Å². The van der Waals surface area contributed by atoms with Gasteiger partial charge >= 0.3 is 0 Å². The Kier molecular flexibility index (Phi) is 7.82. The number of benzene rings is 1. The van der Waals surface area contributed by atoms with E-state index < -0.39 is 0 Å². The number of nitrogens with one attached hydrogen (secondary N) is 2. The molecule has 0 fully saturated rings. The van der Waals surface area contributed by atoms with Gasteiger partial charge in [0.1, 0.15) is 5.82 Å². The monoisotopic (exact) mass is 439 g/mol. The Morgan fingerprint density at radius 3 is 2.65 bits per heavy atom. The summed E-state index contributed by atoms with van der Waals surface area (Å²) in [4.78, 5) is 18.3. The van der Waals surface area contributed by atoms with Gasteiger partial charge in [-0.25, -0.2) is 15.1 Å². The van der Waals surface area contributed by atoms with Crippen LogP contribution in [0.3, 0.4) is 0 Å². The molecule has 0 saturated carbocycles. The highest BCUT2D eigenvalue weighted by atomic mass is 32.2. The van der Waals surface area contributed by atoms with Crippen molar-refractivity contribution >= 4 is 41.3 Å². The van der Waals surface area contributed by atoms with Gasteiger partial charge in [-0.15, -0.1) is 10.2 Å². The Morgan fingerprint density at radius 2 is 1.97 bits per heavy atom. The summed E-state index contributed by atoms with van der Waals surface area (Å²) in [6, 6.07) is 13.4. The molecule has 0 aliphatic rings. The molecule has 0 radical (unpaired) electrons. The van der Waals surface area contributed by atoms with E-state index in [-0.39, 0.29) is 17.6 Å². The summed E-state index contributed by atoms with van der Waals surface area (Å²) >= 11 is 1.16. The number of carbonyl (C=O) groups is 1. The minimum absolute atomic E-state index is 0.119. The molecule has 4 N–H and O–H groups in total. The summed E-state index contributed by atoms with van der Waals surface area (Å²) in [5.74, 6) is 6.65. The van der Waals surface area contributed by atoms with Crippen LogP contribution in [0.25, 0.3) is 0 Å². The molecule has 0 unspecified atom stereocenters. The summed E-state index contributed by atoms with van der Waals surface area (Å²) < 4.78 is 1.25. The SMILES string of the molecule is CCN(CC)c1ccc(/C=N/Nc2nnc(SCC(=O)Nc3ccccn3)n2N)cc1. The fraction of sp³-hybridized carbons (Fsp3) is 0.250. The Balaban J connectivity index is 1.51. The maximum absolute atomic E-state index is 12.0. The van der Waals surface area contributed by atoms with Crippen LogP contribution in [0.15, 0.2) is 58.9 Å². The minimum atomic E-state index is -0.215. The van der Waals surface area contributed by atoms with Crippen LogP contribution < -0.4 is 21.5 Å². The summed E-state index contributed by atoms with van der Waals surface area (Å²) in [5.41, 5.74) is 4.88. The molecule has 0 aliphatic heterocycles. The molecule has 0 spiro atoms. The summed E-state index contributed by atoms with van der Waals surface area (Å²) in [6.07, 6.45) is 3.28. The van der Waals surface area contributed by atoms with E-state index in [1.165, 1.54) is 10.4 Å². The van der Waals surface area contributed by atoms with Crippen molar-refractivity contribution in [1.82, 2.24) is 19.9 Å². The van der Waals surface area contributed by atoms with Gasteiger partial charge in [0.15, 0.2) is 0 Å². The molecule has 11 heteroatoms. The van der Waals surface area contributed by atoms with Crippen molar-refractivity contribution in [3.05, 3.63) is 54.2 Å². The minimum Gasteiger partial charge on any atom is -0.372 e. The molecule has 2 heterocycles. The molecule has 162 valence electrons. The highest BCUT2D eigenvalue weighted by Crippen LogP contribution is 2.17. The number of hydrazone groups is 1. The maximum Gasteiger partial charge on any atom is 0.264 e. The van der Waals surface area contributed by atoms with Crippen molar-refractivity contribution < 1.29 is 4.79 Å². The second kappa shape index (κ2) is 11.0. The average Bonchev–Trinajstić information content (AvgIpc) is 3.14. The fourth-order valence-corrected chi connectivity index (χ4v) is 3.38. The van der Waals surface area contributed by atoms with Crippen molar-refractivity contribution in [2.45, 2.75) is 19.0 Å². The number of hydrogen-bond donors (Lipinski definition) is 3. The van der Waals surface area contributed by atoms with Crippen LogP contribution in [0.4, 0.5) is 17.5 Å². The standard InChI is InChI=1S/C20H25N9OS/c1-3-28(4-2)16-10-8-15(9-11-16)13-23-25-19-26-27-20(29(19)21)31-14-18(30)24-17-7-5-6-12-22-17/h5-13H,3-4,14,21H2,1-2H3,(H,25,26)(H,22,24,30)/b23-13+. The summed E-state index contributed by atoms with van der Waals surface area (Å²) in [6.45, 7) is 6.18. The van der Waals surface area contributed by atoms with Crippen LogP contribution in [0.2, 0.25) is 0 Å². The molecular weight excluding hydrogens is 414 g/mol. The number of anilines is 3. The number of amides is 1. The highest BCUT2D eigenvalue weighted by Gasteiger charge is 2.12. The predicted molar refractivity (Wildman–Crippen MR) is 125 cm³/mol. The lowest BCUT2D eigenvalue weighted by molar-refractivity contribution is -0.113. The first kappa shape index (κ1) is 22.1. The number of carbonyl (C=O) groups excluding carboxylic acids is 1. The Hall–Kier alpha value is -3.60. The second-order valence-corrected chi connectivity index (χ2v) is 7.30. The lowest BCUT2D eigenvalue weighted by atomic mass is 10.2. The fourth-order valence-electron chi connectivity index (χ4n) is 2.72. The van der Waals surface area contributed by atoms with Gasteiger partial charge in [-0.3, -0.25) is 4.79 Å². The highest BCUT2D eigenvalue weighted by molar-refractivity contribution is 7.99. The molecule has 0 saturated heterocycles. The molecule has 1 amide bonds. The number of hydrogen-bond acceptors (Lipinski definition) is 9. The number of rotatable bonds is 10. The molecule has 2 aromatic heterocycles. The molecular formula is C20H25N9OS. The van der Waals surface area contributed by atoms with Gasteiger partial charge in [0.25, 0.3) is 5.95 Å². The van der Waals surface area contributed by atoms with E-state index in [2.05, 4.69) is 61.9 Å². The van der Waals surface area contributed by atoms with Crippen molar-refractivity contribution in [3.8, 4) is 0 Å². The summed E-state index contributed by atoms with van der Waals surface area (Å²) in [5, 5.41) is 15.2. The van der Waals surface area contributed by atoms with Gasteiger partial charge in [0.2, 0.25) is 11.1 Å². The van der Waals surface area contributed by atoms with Gasteiger partial charge < -0.3 is 16.1 Å². The first-order chi connectivity index (χ1) is 15.1. The third kappa shape index (κ3) is 6.19. The quantitative estimate of drug-likeness (QED) is 0.190. The van der Waals surface area contributed by atoms with Crippen LogP contribution in [0.1, 0.15) is 19.4 Å². The van der Waals surface area contributed by atoms with Crippen LogP contribution >= 0.6 is 11.8 Å². The Labute approximate surface area is 184 Å². The molecule has 1 aromatic carbocycles. The van der Waals surface area contributed by atoms with Crippen molar-refractivity contribution in [2.75, 3.05) is 40.3 Å². The van der Waals surface area contributed by atoms with Crippen LogP contribution in [-0.2, 0) is 4.79 Å². The molecule has 10 nitrogen and oxygen atoms in total. The molecule has 0 aliphatic carbocycles. The van der Waals surface area contributed by atoms with Gasteiger partial charge in [-0.05, 0) is 43.7 Å². The van der Waals surface area contributed by atoms with Crippen LogP contribution in [-0.4, -0.2) is 50.8 Å². The molecule has 3 aromatic rings. The second-order valence-electron chi connectivity index (χ2n) is 6.36. The lowest BCUT2D eigenvalue weighted by Gasteiger charge is -2.20. The average molecular weight is 440 g/mol. The number of nitrogen functional groups attached to an aromatic ring is 1. The zero-order valence-electron chi connectivity index (χ0n) is 17.4. The van der Waals surface area contributed by atoms with Crippen LogP contribution in [0.5, 0.6) is 0 Å². The van der Waals surface area contributed by atoms with E-state index in [4.69, 9.17) is 5.84 Å². The van der Waals surface area contributed by atoms with Gasteiger partial charge in [0, 0.05) is 25.0 Å². The number of pyridine rings is 1. The predicted octanol–water partition coefficient (Wildman–Crippen LogP) is 2.41. The maximum atomic E-state index is 12.0. The molecule has 3 rings (SSSR count). The van der Waals surface area contributed by atoms with Gasteiger partial charge in [-0.1, -0.05) is 30.0 Å². The van der Waals surface area contributed by atoms with Crippen LogP contribution in [0, 0.1) is 0 Å². The van der Waals surface area contributed by atoms with E-state index in [0.717, 1.165) is 30.4 Å². The normalized spacial score (nSPS) is 10.9. The molecule has 0 atom stereocenters. The van der Waals surface area contributed by atoms with E-state index >= 15 is 0 Å². The van der Waals surface area contributed by atoms with E-state index in [1.54, 1.807) is 30.6 Å². The third-order valence-corrected chi connectivity index (χ3v) is 5.27. The first-order valence-corrected chi connectivity index (χ1v) is 10.8.